The number of carbonyl (C=O) groups is 3. The van der Waals surface area contributed by atoms with Crippen molar-refractivity contribution in [3.63, 3.8) is 0 Å². The van der Waals surface area contributed by atoms with Gasteiger partial charge in [-0.1, -0.05) is 18.6 Å². The molecule has 1 aromatic rings. The average molecular weight is 447 g/mol. The molecule has 5 atom stereocenters. The summed E-state index contributed by atoms with van der Waals surface area (Å²) < 4.78 is 0. The first-order valence-corrected chi connectivity index (χ1v) is 12.4. The van der Waals surface area contributed by atoms with Crippen molar-refractivity contribution in [3.05, 3.63) is 35.4 Å². The molecule has 3 amide bonds. The highest BCUT2D eigenvalue weighted by atomic mass is 16.2. The monoisotopic (exact) mass is 446 g/mol. The van der Waals surface area contributed by atoms with Crippen molar-refractivity contribution < 1.29 is 14.4 Å². The fourth-order valence-electron chi connectivity index (χ4n) is 7.89. The third-order valence-corrected chi connectivity index (χ3v) is 9.39. The first-order chi connectivity index (χ1) is 16.0. The van der Waals surface area contributed by atoms with Gasteiger partial charge >= 0.3 is 0 Å². The van der Waals surface area contributed by atoms with E-state index in [0.717, 1.165) is 51.4 Å². The highest BCUT2D eigenvalue weighted by molar-refractivity contribution is 6.21. The van der Waals surface area contributed by atoms with Crippen LogP contribution in [0.15, 0.2) is 24.3 Å². The predicted molar refractivity (Wildman–Crippen MR) is 120 cm³/mol. The van der Waals surface area contributed by atoms with Gasteiger partial charge in [-0.15, -0.1) is 0 Å². The molecule has 4 bridgehead atoms. The Labute approximate surface area is 194 Å². The minimum atomic E-state index is -0.295. The van der Waals surface area contributed by atoms with E-state index in [0.29, 0.717) is 36.1 Å². The van der Waals surface area contributed by atoms with Gasteiger partial charge in [0.25, 0.3) is 11.8 Å². The van der Waals surface area contributed by atoms with Crippen LogP contribution < -0.4 is 5.32 Å². The van der Waals surface area contributed by atoms with E-state index < -0.39 is 0 Å². The molecular formula is C26H30N4O3. The van der Waals surface area contributed by atoms with E-state index in [2.05, 4.69) is 11.4 Å². The summed E-state index contributed by atoms with van der Waals surface area (Å²) in [6, 6.07) is 9.09. The summed E-state index contributed by atoms with van der Waals surface area (Å²) >= 11 is 0. The molecule has 172 valence electrons. The van der Waals surface area contributed by atoms with E-state index in [1.165, 1.54) is 4.90 Å². The summed E-state index contributed by atoms with van der Waals surface area (Å²) in [5, 5.41) is 13.0. The molecule has 5 fully saturated rings. The molecule has 7 heteroatoms. The van der Waals surface area contributed by atoms with Crippen LogP contribution in [0.3, 0.4) is 0 Å². The molecule has 0 radical (unpaired) electrons. The Morgan fingerprint density at radius 3 is 2.61 bits per heavy atom. The van der Waals surface area contributed by atoms with Gasteiger partial charge in [-0.3, -0.25) is 19.3 Å². The van der Waals surface area contributed by atoms with E-state index in [-0.39, 0.29) is 41.3 Å². The number of hydrogen-bond donors (Lipinski definition) is 1. The maximum atomic E-state index is 13.1. The second-order valence-corrected chi connectivity index (χ2v) is 10.9. The SMILES string of the molecule is N#C[C@@H]1CCCN1C(=O)CNC12CC3CC1CCCC3(CN1C(=O)c3ccccc3C1=O)C2. The quantitative estimate of drug-likeness (QED) is 0.702. The molecule has 4 saturated carbocycles. The molecule has 1 aromatic carbocycles. The number of imide groups is 1. The van der Waals surface area contributed by atoms with Crippen LogP contribution in [0.4, 0.5) is 0 Å². The number of likely N-dealkylation sites (tertiary alicyclic amines) is 1. The van der Waals surface area contributed by atoms with Crippen molar-refractivity contribution in [1.82, 2.24) is 15.1 Å². The smallest absolute Gasteiger partial charge is 0.261 e. The maximum Gasteiger partial charge on any atom is 0.261 e. The highest BCUT2D eigenvalue weighted by Gasteiger charge is 2.65. The van der Waals surface area contributed by atoms with Gasteiger partial charge < -0.3 is 10.2 Å². The lowest BCUT2D eigenvalue weighted by Crippen LogP contribution is -2.54. The summed E-state index contributed by atoms with van der Waals surface area (Å²) in [5.41, 5.74) is 0.866. The second kappa shape index (κ2) is 7.39. The zero-order valence-corrected chi connectivity index (χ0v) is 18.9. The van der Waals surface area contributed by atoms with Crippen molar-refractivity contribution in [3.8, 4) is 6.07 Å². The minimum absolute atomic E-state index is 0.0210. The number of nitriles is 1. The number of amides is 3. The average Bonchev–Trinajstić information content (AvgIpc) is 3.52. The molecule has 33 heavy (non-hydrogen) atoms. The minimum Gasteiger partial charge on any atom is -0.326 e. The summed E-state index contributed by atoms with van der Waals surface area (Å²) in [6.45, 7) is 1.42. The van der Waals surface area contributed by atoms with E-state index in [9.17, 15) is 19.6 Å². The van der Waals surface area contributed by atoms with E-state index >= 15 is 0 Å². The fraction of sp³-hybridized carbons (Fsp3) is 0.615. The first kappa shape index (κ1) is 20.9. The maximum absolute atomic E-state index is 13.1. The Morgan fingerprint density at radius 2 is 1.88 bits per heavy atom. The number of rotatable bonds is 5. The zero-order valence-electron chi connectivity index (χ0n) is 18.9. The Hall–Kier alpha value is -2.72. The summed E-state index contributed by atoms with van der Waals surface area (Å²) in [4.78, 5) is 42.3. The van der Waals surface area contributed by atoms with Crippen molar-refractivity contribution in [2.75, 3.05) is 19.6 Å². The molecule has 1 N–H and O–H groups in total. The number of nitrogens with zero attached hydrogens (tertiary/aromatic N) is 3. The molecule has 1 saturated heterocycles. The van der Waals surface area contributed by atoms with E-state index in [1.54, 1.807) is 17.0 Å². The topological polar surface area (TPSA) is 93.5 Å². The lowest BCUT2D eigenvalue weighted by Gasteiger charge is -2.43. The van der Waals surface area contributed by atoms with Crippen LogP contribution in [0, 0.1) is 28.6 Å². The second-order valence-electron chi connectivity index (χ2n) is 10.9. The van der Waals surface area contributed by atoms with Crippen LogP contribution in [-0.2, 0) is 4.79 Å². The normalized spacial score (nSPS) is 36.4. The fourth-order valence-corrected chi connectivity index (χ4v) is 7.89. The van der Waals surface area contributed by atoms with Crippen molar-refractivity contribution in [2.24, 2.45) is 17.3 Å². The molecule has 2 aliphatic heterocycles. The zero-order chi connectivity index (χ0) is 22.8. The third-order valence-electron chi connectivity index (χ3n) is 9.39. The van der Waals surface area contributed by atoms with Gasteiger partial charge in [-0.05, 0) is 74.3 Å². The van der Waals surface area contributed by atoms with Gasteiger partial charge in [0.2, 0.25) is 5.91 Å². The van der Waals surface area contributed by atoms with Crippen LogP contribution in [0.25, 0.3) is 0 Å². The van der Waals surface area contributed by atoms with Gasteiger partial charge in [0, 0.05) is 18.6 Å². The number of benzene rings is 1. The van der Waals surface area contributed by atoms with Crippen molar-refractivity contribution in [1.29, 1.82) is 5.26 Å². The summed E-state index contributed by atoms with van der Waals surface area (Å²) in [6.07, 6.45) is 7.95. The predicted octanol–water partition coefficient (Wildman–Crippen LogP) is 2.73. The Bertz CT molecular complexity index is 1040. The van der Waals surface area contributed by atoms with Crippen LogP contribution in [0.5, 0.6) is 0 Å². The summed E-state index contributed by atoms with van der Waals surface area (Å²) in [7, 11) is 0. The van der Waals surface area contributed by atoms with Gasteiger partial charge in [0.15, 0.2) is 0 Å². The summed E-state index contributed by atoms with van der Waals surface area (Å²) in [5.74, 6) is 0.700. The number of fused-ring (bicyclic) bond motifs is 3. The standard InChI is InChI=1S/C26H30N4O3/c27-13-19-6-4-10-29(19)22(31)14-28-26-12-18-11-17(26)5-3-9-25(18,15-26)16-30-23(32)20-7-1-2-8-21(20)24(30)33/h1-2,7-8,17-19,28H,3-6,9-12,14-16H2/t17?,18?,19-,25?,26?/m0/s1. The molecule has 6 aliphatic rings. The number of hydrogen-bond acceptors (Lipinski definition) is 5. The van der Waals surface area contributed by atoms with Crippen LogP contribution in [0.2, 0.25) is 0 Å². The largest absolute Gasteiger partial charge is 0.326 e. The van der Waals surface area contributed by atoms with Crippen LogP contribution >= 0.6 is 0 Å². The molecule has 2 heterocycles. The first-order valence-electron chi connectivity index (χ1n) is 12.4. The Balaban J connectivity index is 1.21. The van der Waals surface area contributed by atoms with Gasteiger partial charge in [-0.25, -0.2) is 0 Å². The molecule has 7 nitrogen and oxygen atoms in total. The molecular weight excluding hydrogens is 416 g/mol. The lowest BCUT2D eigenvalue weighted by atomic mass is 9.68. The molecule has 0 aromatic heterocycles. The number of nitrogens with one attached hydrogen (secondary N) is 1. The van der Waals surface area contributed by atoms with Crippen LogP contribution in [-0.4, -0.2) is 58.7 Å². The Kier molecular flexibility index (Phi) is 4.67. The lowest BCUT2D eigenvalue weighted by molar-refractivity contribution is -0.130. The number of carbonyl (C=O) groups excluding carboxylic acids is 3. The van der Waals surface area contributed by atoms with Crippen LogP contribution in [0.1, 0.15) is 72.1 Å². The van der Waals surface area contributed by atoms with E-state index in [1.807, 2.05) is 12.1 Å². The van der Waals surface area contributed by atoms with Crippen molar-refractivity contribution in [2.45, 2.75) is 62.9 Å². The molecule has 4 aliphatic carbocycles. The van der Waals surface area contributed by atoms with E-state index in [4.69, 9.17) is 0 Å². The van der Waals surface area contributed by atoms with Gasteiger partial charge in [-0.2, -0.15) is 5.26 Å². The Morgan fingerprint density at radius 1 is 1.12 bits per heavy atom. The highest BCUT2D eigenvalue weighted by Crippen LogP contribution is 2.66. The third kappa shape index (κ3) is 3.00. The van der Waals surface area contributed by atoms with Gasteiger partial charge in [0.05, 0.1) is 23.7 Å². The molecule has 0 spiro atoms. The molecule has 4 unspecified atom stereocenters. The van der Waals surface area contributed by atoms with Crippen molar-refractivity contribution >= 4 is 17.7 Å². The van der Waals surface area contributed by atoms with Gasteiger partial charge in [0.1, 0.15) is 6.04 Å². The molecule has 7 rings (SSSR count).